The van der Waals surface area contributed by atoms with E-state index in [1.807, 2.05) is 37.4 Å². The van der Waals surface area contributed by atoms with Crippen molar-refractivity contribution in [2.75, 3.05) is 12.8 Å². The van der Waals surface area contributed by atoms with Gasteiger partial charge in [0.1, 0.15) is 5.82 Å². The topological polar surface area (TPSA) is 12.0 Å². The van der Waals surface area contributed by atoms with Crippen LogP contribution in [-0.2, 0) is 0 Å². The van der Waals surface area contributed by atoms with Gasteiger partial charge in [-0.1, -0.05) is 33.6 Å². The van der Waals surface area contributed by atoms with E-state index >= 15 is 0 Å². The van der Waals surface area contributed by atoms with E-state index in [2.05, 4.69) is 21.2 Å². The van der Waals surface area contributed by atoms with Gasteiger partial charge in [0.2, 0.25) is 0 Å². The molecule has 2 rings (SSSR count). The van der Waals surface area contributed by atoms with E-state index in [4.69, 9.17) is 11.6 Å². The lowest BCUT2D eigenvalue weighted by Crippen LogP contribution is -2.20. The SMILES string of the molecule is CNC(CSc1cccc(Cl)c1)c1cc(Br)ccc1F. The van der Waals surface area contributed by atoms with Crippen molar-refractivity contribution in [3.05, 3.63) is 63.3 Å². The molecule has 0 aliphatic carbocycles. The Kier molecular flexibility index (Phi) is 5.90. The van der Waals surface area contributed by atoms with Crippen LogP contribution in [0.25, 0.3) is 0 Å². The van der Waals surface area contributed by atoms with Crippen LogP contribution in [-0.4, -0.2) is 12.8 Å². The van der Waals surface area contributed by atoms with E-state index < -0.39 is 0 Å². The molecule has 2 aromatic carbocycles. The number of thioether (sulfide) groups is 1. The zero-order valence-electron chi connectivity index (χ0n) is 10.9. The van der Waals surface area contributed by atoms with Crippen LogP contribution in [0.3, 0.4) is 0 Å². The molecular formula is C15H14BrClFNS. The molecule has 0 saturated heterocycles. The highest BCUT2D eigenvalue weighted by Crippen LogP contribution is 2.28. The first-order valence-corrected chi connectivity index (χ1v) is 8.26. The fourth-order valence-electron chi connectivity index (χ4n) is 1.85. The molecule has 0 aliphatic rings. The predicted octanol–water partition coefficient (Wildman–Crippen LogP) is 5.29. The summed E-state index contributed by atoms with van der Waals surface area (Å²) in [5.74, 6) is 0.531. The highest BCUT2D eigenvalue weighted by molar-refractivity contribution is 9.10. The molecule has 0 aliphatic heterocycles. The van der Waals surface area contributed by atoms with E-state index in [1.165, 1.54) is 6.07 Å². The Hall–Kier alpha value is -0.550. The minimum atomic E-state index is -0.195. The molecule has 0 saturated carbocycles. The van der Waals surface area contributed by atoms with Crippen molar-refractivity contribution in [3.63, 3.8) is 0 Å². The summed E-state index contributed by atoms with van der Waals surface area (Å²) in [4.78, 5) is 1.08. The molecule has 0 fully saturated rings. The quantitative estimate of drug-likeness (QED) is 0.713. The van der Waals surface area contributed by atoms with Gasteiger partial charge < -0.3 is 5.32 Å². The zero-order chi connectivity index (χ0) is 14.5. The minimum absolute atomic E-state index is 0.0588. The third kappa shape index (κ3) is 4.22. The third-order valence-electron chi connectivity index (χ3n) is 2.89. The van der Waals surface area contributed by atoms with Gasteiger partial charge in [0.05, 0.1) is 0 Å². The van der Waals surface area contributed by atoms with Crippen molar-refractivity contribution in [3.8, 4) is 0 Å². The predicted molar refractivity (Wildman–Crippen MR) is 88.1 cm³/mol. The standard InChI is InChI=1S/C15H14BrClFNS/c1-19-15(13-7-10(16)5-6-14(13)18)9-20-12-4-2-3-11(17)8-12/h2-8,15,19H,9H2,1H3. The average Bonchev–Trinajstić information content (AvgIpc) is 2.43. The van der Waals surface area contributed by atoms with Gasteiger partial charge in [-0.25, -0.2) is 4.39 Å². The molecule has 0 aromatic heterocycles. The van der Waals surface area contributed by atoms with Gasteiger partial charge in [0, 0.05) is 31.7 Å². The van der Waals surface area contributed by atoms with Crippen LogP contribution in [0, 0.1) is 5.82 Å². The number of hydrogen-bond donors (Lipinski definition) is 1. The number of nitrogens with one attached hydrogen (secondary N) is 1. The second-order valence-corrected chi connectivity index (χ2v) is 6.72. The summed E-state index contributed by atoms with van der Waals surface area (Å²) in [5, 5.41) is 3.87. The summed E-state index contributed by atoms with van der Waals surface area (Å²) in [7, 11) is 1.84. The molecule has 0 bridgehead atoms. The lowest BCUT2D eigenvalue weighted by Gasteiger charge is -2.17. The molecule has 5 heteroatoms. The molecule has 1 unspecified atom stereocenters. The Bertz CT molecular complexity index is 594. The van der Waals surface area contributed by atoms with Crippen LogP contribution in [0.2, 0.25) is 5.02 Å². The molecule has 1 nitrogen and oxygen atoms in total. The summed E-state index contributed by atoms with van der Waals surface area (Å²) < 4.78 is 14.8. The Balaban J connectivity index is 2.11. The highest BCUT2D eigenvalue weighted by atomic mass is 79.9. The van der Waals surface area contributed by atoms with Crippen LogP contribution in [0.15, 0.2) is 51.8 Å². The van der Waals surface area contributed by atoms with Crippen LogP contribution < -0.4 is 5.32 Å². The first-order valence-electron chi connectivity index (χ1n) is 6.10. The third-order valence-corrected chi connectivity index (χ3v) is 4.71. The minimum Gasteiger partial charge on any atom is -0.312 e. The van der Waals surface area contributed by atoms with Gasteiger partial charge in [-0.05, 0) is 43.4 Å². The summed E-state index contributed by atoms with van der Waals surface area (Å²) >= 11 is 11.0. The normalized spacial score (nSPS) is 12.4. The van der Waals surface area contributed by atoms with Crippen LogP contribution >= 0.6 is 39.3 Å². The van der Waals surface area contributed by atoms with E-state index in [0.29, 0.717) is 10.6 Å². The zero-order valence-corrected chi connectivity index (χ0v) is 14.0. The van der Waals surface area contributed by atoms with Crippen molar-refractivity contribution in [1.82, 2.24) is 5.32 Å². The molecule has 1 atom stereocenters. The smallest absolute Gasteiger partial charge is 0.128 e. The van der Waals surface area contributed by atoms with Crippen molar-refractivity contribution in [1.29, 1.82) is 0 Å². The molecule has 2 aromatic rings. The second-order valence-electron chi connectivity index (χ2n) is 4.28. The van der Waals surface area contributed by atoms with Crippen molar-refractivity contribution >= 4 is 39.3 Å². The largest absolute Gasteiger partial charge is 0.312 e. The van der Waals surface area contributed by atoms with Crippen molar-refractivity contribution in [2.24, 2.45) is 0 Å². The Morgan fingerprint density at radius 3 is 2.80 bits per heavy atom. The number of benzene rings is 2. The Morgan fingerprint density at radius 1 is 1.30 bits per heavy atom. The van der Waals surface area contributed by atoms with Gasteiger partial charge in [0.15, 0.2) is 0 Å². The molecule has 1 N–H and O–H groups in total. The van der Waals surface area contributed by atoms with Crippen molar-refractivity contribution < 1.29 is 4.39 Å². The fourth-order valence-corrected chi connectivity index (χ4v) is 3.57. The fraction of sp³-hybridized carbons (Fsp3) is 0.200. The average molecular weight is 375 g/mol. The molecule has 0 amide bonds. The maximum absolute atomic E-state index is 13.9. The summed E-state index contributed by atoms with van der Waals surface area (Å²) in [5.41, 5.74) is 0.663. The van der Waals surface area contributed by atoms with Gasteiger partial charge >= 0.3 is 0 Å². The molecule has 0 spiro atoms. The first kappa shape index (κ1) is 15.8. The summed E-state index contributed by atoms with van der Waals surface area (Å²) in [6.45, 7) is 0. The van der Waals surface area contributed by atoms with E-state index in [-0.39, 0.29) is 11.9 Å². The van der Waals surface area contributed by atoms with Crippen molar-refractivity contribution in [2.45, 2.75) is 10.9 Å². The maximum atomic E-state index is 13.9. The molecule has 0 heterocycles. The van der Waals surface area contributed by atoms with Gasteiger partial charge in [-0.15, -0.1) is 11.8 Å². The van der Waals surface area contributed by atoms with Crippen LogP contribution in [0.5, 0.6) is 0 Å². The van der Waals surface area contributed by atoms with Crippen LogP contribution in [0.4, 0.5) is 4.39 Å². The number of hydrogen-bond acceptors (Lipinski definition) is 2. The maximum Gasteiger partial charge on any atom is 0.128 e. The summed E-state index contributed by atoms with van der Waals surface area (Å²) in [6, 6.07) is 12.6. The van der Waals surface area contributed by atoms with Gasteiger partial charge in [0.25, 0.3) is 0 Å². The molecule has 106 valence electrons. The summed E-state index contributed by atoms with van der Waals surface area (Å²) in [6.07, 6.45) is 0. The monoisotopic (exact) mass is 373 g/mol. The lowest BCUT2D eigenvalue weighted by atomic mass is 10.1. The second kappa shape index (κ2) is 7.46. The number of rotatable bonds is 5. The van der Waals surface area contributed by atoms with E-state index in [9.17, 15) is 4.39 Å². The molecule has 0 radical (unpaired) electrons. The van der Waals surface area contributed by atoms with Gasteiger partial charge in [-0.2, -0.15) is 0 Å². The number of halogens is 3. The molecule has 20 heavy (non-hydrogen) atoms. The highest BCUT2D eigenvalue weighted by Gasteiger charge is 2.15. The van der Waals surface area contributed by atoms with E-state index in [1.54, 1.807) is 17.8 Å². The Morgan fingerprint density at radius 2 is 2.10 bits per heavy atom. The molecular weight excluding hydrogens is 361 g/mol. The lowest BCUT2D eigenvalue weighted by molar-refractivity contribution is 0.565. The first-order chi connectivity index (χ1) is 9.60. The van der Waals surface area contributed by atoms with E-state index in [0.717, 1.165) is 15.1 Å². The van der Waals surface area contributed by atoms with Crippen LogP contribution in [0.1, 0.15) is 11.6 Å². The van der Waals surface area contributed by atoms with Gasteiger partial charge in [-0.3, -0.25) is 0 Å². The Labute approximate surface area is 136 Å².